The SMILES string of the molecule is CCNc1nc(C2CCCO2)nc(-c2ccccc2)c1I. The molecule has 4 nitrogen and oxygen atoms in total. The van der Waals surface area contributed by atoms with E-state index in [1.54, 1.807) is 0 Å². The highest BCUT2D eigenvalue weighted by Crippen LogP contribution is 2.32. The number of benzene rings is 1. The Morgan fingerprint density at radius 2 is 2.10 bits per heavy atom. The maximum Gasteiger partial charge on any atom is 0.160 e. The fourth-order valence-electron chi connectivity index (χ4n) is 2.46. The highest BCUT2D eigenvalue weighted by molar-refractivity contribution is 14.1. The summed E-state index contributed by atoms with van der Waals surface area (Å²) >= 11 is 2.32. The number of halogens is 1. The van der Waals surface area contributed by atoms with E-state index in [1.807, 2.05) is 18.2 Å². The largest absolute Gasteiger partial charge is 0.370 e. The van der Waals surface area contributed by atoms with Crippen molar-refractivity contribution in [1.82, 2.24) is 9.97 Å². The second-order valence-corrected chi connectivity index (χ2v) is 6.07. The van der Waals surface area contributed by atoms with E-state index in [2.05, 4.69) is 51.9 Å². The number of hydrogen-bond donors (Lipinski definition) is 1. The van der Waals surface area contributed by atoms with Crippen molar-refractivity contribution in [1.29, 1.82) is 0 Å². The third-order valence-corrected chi connectivity index (χ3v) is 4.50. The van der Waals surface area contributed by atoms with Crippen LogP contribution in [0.2, 0.25) is 0 Å². The average molecular weight is 395 g/mol. The highest BCUT2D eigenvalue weighted by Gasteiger charge is 2.23. The number of hydrogen-bond acceptors (Lipinski definition) is 4. The summed E-state index contributed by atoms with van der Waals surface area (Å²) in [5.41, 5.74) is 2.09. The lowest BCUT2D eigenvalue weighted by Gasteiger charge is -2.15. The molecule has 110 valence electrons. The quantitative estimate of drug-likeness (QED) is 0.795. The highest BCUT2D eigenvalue weighted by atomic mass is 127. The smallest absolute Gasteiger partial charge is 0.160 e. The Morgan fingerprint density at radius 1 is 1.29 bits per heavy atom. The molecule has 1 saturated heterocycles. The first kappa shape index (κ1) is 14.7. The van der Waals surface area contributed by atoms with E-state index in [1.165, 1.54) is 0 Å². The van der Waals surface area contributed by atoms with Gasteiger partial charge in [0.2, 0.25) is 0 Å². The Kier molecular flexibility index (Phi) is 4.70. The van der Waals surface area contributed by atoms with Crippen LogP contribution in [0, 0.1) is 3.57 Å². The van der Waals surface area contributed by atoms with Gasteiger partial charge in [-0.15, -0.1) is 0 Å². The fourth-order valence-corrected chi connectivity index (χ4v) is 3.20. The van der Waals surface area contributed by atoms with Gasteiger partial charge in [-0.1, -0.05) is 30.3 Å². The van der Waals surface area contributed by atoms with Crippen LogP contribution in [0.4, 0.5) is 5.82 Å². The minimum absolute atomic E-state index is 0.0295. The van der Waals surface area contributed by atoms with Gasteiger partial charge < -0.3 is 10.1 Å². The number of nitrogens with one attached hydrogen (secondary N) is 1. The molecular weight excluding hydrogens is 377 g/mol. The maximum atomic E-state index is 5.75. The molecule has 1 N–H and O–H groups in total. The minimum Gasteiger partial charge on any atom is -0.370 e. The Balaban J connectivity index is 2.08. The van der Waals surface area contributed by atoms with Gasteiger partial charge >= 0.3 is 0 Å². The molecule has 1 fully saturated rings. The van der Waals surface area contributed by atoms with Crippen molar-refractivity contribution in [2.75, 3.05) is 18.5 Å². The van der Waals surface area contributed by atoms with Crippen LogP contribution in [0.1, 0.15) is 31.7 Å². The van der Waals surface area contributed by atoms with Crippen LogP contribution >= 0.6 is 22.6 Å². The Labute approximate surface area is 138 Å². The summed E-state index contributed by atoms with van der Waals surface area (Å²) < 4.78 is 6.81. The number of anilines is 1. The van der Waals surface area contributed by atoms with Crippen molar-refractivity contribution < 1.29 is 4.74 Å². The molecule has 1 unspecified atom stereocenters. The van der Waals surface area contributed by atoms with Gasteiger partial charge in [-0.05, 0) is 42.4 Å². The minimum atomic E-state index is 0.0295. The van der Waals surface area contributed by atoms with Gasteiger partial charge in [0.25, 0.3) is 0 Å². The summed E-state index contributed by atoms with van der Waals surface area (Å²) in [6.45, 7) is 3.72. The van der Waals surface area contributed by atoms with Gasteiger partial charge in [-0.3, -0.25) is 0 Å². The molecule has 2 aromatic rings. The zero-order valence-corrected chi connectivity index (χ0v) is 14.1. The summed E-state index contributed by atoms with van der Waals surface area (Å²) in [4.78, 5) is 9.46. The molecule has 3 rings (SSSR count). The standard InChI is InChI=1S/C16H18IN3O/c1-2-18-16-13(17)14(11-7-4-3-5-8-11)19-15(20-16)12-9-6-10-21-12/h3-5,7-8,12H,2,6,9-10H2,1H3,(H,18,19,20). The number of rotatable bonds is 4. The third kappa shape index (κ3) is 3.18. The molecule has 0 saturated carbocycles. The summed E-state index contributed by atoms with van der Waals surface area (Å²) in [7, 11) is 0. The second-order valence-electron chi connectivity index (χ2n) is 4.99. The van der Waals surface area contributed by atoms with E-state index < -0.39 is 0 Å². The molecule has 0 amide bonds. The molecular formula is C16H18IN3O. The molecule has 0 radical (unpaired) electrons. The molecule has 5 heteroatoms. The first-order valence-corrected chi connectivity index (χ1v) is 8.35. The van der Waals surface area contributed by atoms with Crippen LogP contribution in [0.5, 0.6) is 0 Å². The maximum absolute atomic E-state index is 5.75. The molecule has 1 aliphatic heterocycles. The van der Waals surface area contributed by atoms with E-state index in [9.17, 15) is 0 Å². The molecule has 21 heavy (non-hydrogen) atoms. The number of ether oxygens (including phenoxy) is 1. The van der Waals surface area contributed by atoms with Gasteiger partial charge in [0.1, 0.15) is 11.9 Å². The molecule has 0 bridgehead atoms. The zero-order valence-electron chi connectivity index (χ0n) is 12.0. The van der Waals surface area contributed by atoms with E-state index >= 15 is 0 Å². The molecule has 1 aromatic heterocycles. The van der Waals surface area contributed by atoms with Crippen molar-refractivity contribution in [3.63, 3.8) is 0 Å². The molecule has 0 spiro atoms. The van der Waals surface area contributed by atoms with E-state index in [0.717, 1.165) is 52.5 Å². The monoisotopic (exact) mass is 395 g/mol. The predicted octanol–water partition coefficient (Wildman–Crippen LogP) is 4.03. The lowest BCUT2D eigenvalue weighted by Crippen LogP contribution is -2.10. The van der Waals surface area contributed by atoms with Gasteiger partial charge in [0.15, 0.2) is 5.82 Å². The van der Waals surface area contributed by atoms with Gasteiger partial charge in [0.05, 0.1) is 9.26 Å². The van der Waals surface area contributed by atoms with Gasteiger partial charge in [0, 0.05) is 18.7 Å². The van der Waals surface area contributed by atoms with E-state index in [0.29, 0.717) is 0 Å². The Bertz CT molecular complexity index is 612. The van der Waals surface area contributed by atoms with Crippen molar-refractivity contribution in [3.05, 3.63) is 39.7 Å². The molecule has 1 aromatic carbocycles. The fraction of sp³-hybridized carbons (Fsp3) is 0.375. The van der Waals surface area contributed by atoms with Crippen molar-refractivity contribution in [3.8, 4) is 11.3 Å². The lowest BCUT2D eigenvalue weighted by atomic mass is 10.1. The van der Waals surface area contributed by atoms with Gasteiger partial charge in [-0.25, -0.2) is 9.97 Å². The first-order valence-electron chi connectivity index (χ1n) is 7.28. The van der Waals surface area contributed by atoms with Crippen LogP contribution in [-0.4, -0.2) is 23.1 Å². The zero-order chi connectivity index (χ0) is 14.7. The predicted molar refractivity (Wildman–Crippen MR) is 92.3 cm³/mol. The molecule has 1 aliphatic rings. The summed E-state index contributed by atoms with van der Waals surface area (Å²) in [5, 5.41) is 3.34. The van der Waals surface area contributed by atoms with Crippen molar-refractivity contribution >= 4 is 28.4 Å². The van der Waals surface area contributed by atoms with E-state index in [4.69, 9.17) is 9.72 Å². The topological polar surface area (TPSA) is 47.0 Å². The first-order chi connectivity index (χ1) is 10.3. The van der Waals surface area contributed by atoms with Gasteiger partial charge in [-0.2, -0.15) is 0 Å². The summed E-state index contributed by atoms with van der Waals surface area (Å²) in [6, 6.07) is 10.3. The average Bonchev–Trinajstić information content (AvgIpc) is 3.05. The van der Waals surface area contributed by atoms with Crippen molar-refractivity contribution in [2.45, 2.75) is 25.9 Å². The molecule has 1 atom stereocenters. The Hall–Kier alpha value is -1.21. The van der Waals surface area contributed by atoms with Crippen LogP contribution in [0.15, 0.2) is 30.3 Å². The second kappa shape index (κ2) is 6.70. The van der Waals surface area contributed by atoms with Crippen LogP contribution in [0.3, 0.4) is 0 Å². The third-order valence-electron chi connectivity index (χ3n) is 3.48. The summed E-state index contributed by atoms with van der Waals surface area (Å²) in [5.74, 6) is 1.69. The molecule has 2 heterocycles. The summed E-state index contributed by atoms with van der Waals surface area (Å²) in [6.07, 6.45) is 2.11. The molecule has 0 aliphatic carbocycles. The lowest BCUT2D eigenvalue weighted by molar-refractivity contribution is 0.105. The van der Waals surface area contributed by atoms with Crippen LogP contribution < -0.4 is 5.32 Å². The van der Waals surface area contributed by atoms with E-state index in [-0.39, 0.29) is 6.10 Å². The van der Waals surface area contributed by atoms with Crippen molar-refractivity contribution in [2.24, 2.45) is 0 Å². The number of nitrogens with zero attached hydrogens (tertiary/aromatic N) is 2. The Morgan fingerprint density at radius 3 is 2.76 bits per heavy atom. The van der Waals surface area contributed by atoms with Crippen LogP contribution in [0.25, 0.3) is 11.3 Å². The normalized spacial score (nSPS) is 17.9. The van der Waals surface area contributed by atoms with Crippen LogP contribution in [-0.2, 0) is 4.74 Å². The number of aromatic nitrogens is 2.